The molecule has 4 atom stereocenters. The molecule has 0 aromatic heterocycles. The first-order valence-corrected chi connectivity index (χ1v) is 8.87. The van der Waals surface area contributed by atoms with E-state index in [4.69, 9.17) is 14.2 Å². The Kier molecular flexibility index (Phi) is 3.65. The van der Waals surface area contributed by atoms with Crippen LogP contribution in [0.1, 0.15) is 54.4 Å². The van der Waals surface area contributed by atoms with E-state index in [1.165, 1.54) is 14.0 Å². The highest BCUT2D eigenvalue weighted by atomic mass is 16.6. The summed E-state index contributed by atoms with van der Waals surface area (Å²) in [5.41, 5.74) is 0.0228. The molecule has 0 heterocycles. The third kappa shape index (κ3) is 2.07. The van der Waals surface area contributed by atoms with Crippen LogP contribution in [0.25, 0.3) is 0 Å². The Morgan fingerprint density at radius 3 is 2.65 bits per heavy atom. The number of ether oxygens (including phenoxy) is 3. The Hall–Kier alpha value is -2.37. The lowest BCUT2D eigenvalue weighted by molar-refractivity contribution is -0.173. The zero-order valence-corrected chi connectivity index (χ0v) is 15.2. The molecule has 0 amide bonds. The molecule has 4 unspecified atom stereocenters. The standard InChI is InChI=1S/C20H22O6/c1-11(21)26-20-7-6-15-13-5-4-12(24-2)8-14(13)17(22)19(15,10-20)9-16(20)18(23)25-3/h4-5,8,15-16H,6-7,9-10H2,1-3H3. The largest absolute Gasteiger partial charge is 0.497 e. The summed E-state index contributed by atoms with van der Waals surface area (Å²) in [7, 11) is 2.90. The summed E-state index contributed by atoms with van der Waals surface area (Å²) in [5, 5.41) is 0. The van der Waals surface area contributed by atoms with E-state index in [1.807, 2.05) is 12.1 Å². The number of carbonyl (C=O) groups excluding carboxylic acids is 3. The van der Waals surface area contributed by atoms with Crippen molar-refractivity contribution < 1.29 is 28.6 Å². The fraction of sp³-hybridized carbons (Fsp3) is 0.550. The monoisotopic (exact) mass is 358 g/mol. The van der Waals surface area contributed by atoms with Gasteiger partial charge >= 0.3 is 11.9 Å². The van der Waals surface area contributed by atoms with E-state index < -0.39 is 28.9 Å². The zero-order chi connectivity index (χ0) is 18.7. The van der Waals surface area contributed by atoms with Crippen LogP contribution < -0.4 is 4.74 Å². The van der Waals surface area contributed by atoms with Crippen LogP contribution in [0, 0.1) is 11.3 Å². The van der Waals surface area contributed by atoms with Crippen LogP contribution in [0.15, 0.2) is 18.2 Å². The maximum absolute atomic E-state index is 13.4. The summed E-state index contributed by atoms with van der Waals surface area (Å²) < 4.78 is 15.9. The molecule has 26 heavy (non-hydrogen) atoms. The summed E-state index contributed by atoms with van der Waals surface area (Å²) in [6, 6.07) is 5.60. The van der Waals surface area contributed by atoms with Crippen LogP contribution in [0.3, 0.4) is 0 Å². The number of benzene rings is 1. The van der Waals surface area contributed by atoms with Gasteiger partial charge in [-0.3, -0.25) is 14.4 Å². The zero-order valence-electron chi connectivity index (χ0n) is 15.2. The van der Waals surface area contributed by atoms with Crippen LogP contribution in [-0.2, 0) is 19.1 Å². The van der Waals surface area contributed by atoms with Crippen LogP contribution in [0.5, 0.6) is 5.75 Å². The lowest BCUT2D eigenvalue weighted by Gasteiger charge is -2.40. The number of methoxy groups -OCH3 is 2. The van der Waals surface area contributed by atoms with E-state index >= 15 is 0 Å². The number of ketones is 1. The number of rotatable bonds is 3. The molecule has 1 aromatic rings. The summed E-state index contributed by atoms with van der Waals surface area (Å²) in [6.45, 7) is 1.34. The van der Waals surface area contributed by atoms with Crippen molar-refractivity contribution in [1.82, 2.24) is 0 Å². The van der Waals surface area contributed by atoms with E-state index in [-0.39, 0.29) is 11.7 Å². The van der Waals surface area contributed by atoms with Crippen molar-refractivity contribution in [1.29, 1.82) is 0 Å². The number of esters is 2. The van der Waals surface area contributed by atoms with Gasteiger partial charge in [-0.2, -0.15) is 0 Å². The molecular weight excluding hydrogens is 336 g/mol. The van der Waals surface area contributed by atoms with E-state index in [2.05, 4.69) is 0 Å². The van der Waals surface area contributed by atoms with Gasteiger partial charge in [0.15, 0.2) is 5.78 Å². The Bertz CT molecular complexity index is 815. The fourth-order valence-electron chi connectivity index (χ4n) is 5.57. The fourth-order valence-corrected chi connectivity index (χ4v) is 5.57. The van der Waals surface area contributed by atoms with Crippen LogP contribution in [0.2, 0.25) is 0 Å². The molecule has 1 spiro atoms. The maximum Gasteiger partial charge on any atom is 0.312 e. The van der Waals surface area contributed by atoms with E-state index in [1.54, 1.807) is 13.2 Å². The summed E-state index contributed by atoms with van der Waals surface area (Å²) in [6.07, 6.45) is 1.98. The van der Waals surface area contributed by atoms with E-state index in [0.717, 1.165) is 5.56 Å². The topological polar surface area (TPSA) is 78.9 Å². The Morgan fingerprint density at radius 2 is 2.00 bits per heavy atom. The van der Waals surface area contributed by atoms with Gasteiger partial charge in [-0.1, -0.05) is 6.07 Å². The summed E-state index contributed by atoms with van der Waals surface area (Å²) >= 11 is 0. The first-order chi connectivity index (χ1) is 12.4. The van der Waals surface area contributed by atoms with Crippen molar-refractivity contribution in [3.63, 3.8) is 0 Å². The molecular formula is C20H22O6. The molecule has 2 saturated carbocycles. The quantitative estimate of drug-likeness (QED) is 0.773. The number of Topliss-reactive ketones (excluding diaryl/α,β-unsaturated/α-hetero) is 1. The van der Waals surface area contributed by atoms with Gasteiger partial charge in [-0.05, 0) is 42.9 Å². The second kappa shape index (κ2) is 5.56. The maximum atomic E-state index is 13.4. The predicted molar refractivity (Wildman–Crippen MR) is 91.0 cm³/mol. The molecule has 3 aliphatic rings. The van der Waals surface area contributed by atoms with Gasteiger partial charge in [0.1, 0.15) is 11.4 Å². The van der Waals surface area contributed by atoms with Gasteiger partial charge in [0.25, 0.3) is 0 Å². The van der Waals surface area contributed by atoms with Gasteiger partial charge in [-0.15, -0.1) is 0 Å². The first-order valence-electron chi connectivity index (χ1n) is 8.87. The lowest BCUT2D eigenvalue weighted by atomic mass is 9.66. The molecule has 6 heteroatoms. The molecule has 0 aliphatic heterocycles. The number of carbonyl (C=O) groups is 3. The van der Waals surface area contributed by atoms with Crippen molar-refractivity contribution in [3.8, 4) is 5.75 Å². The minimum absolute atomic E-state index is 0.0269. The molecule has 0 saturated heterocycles. The van der Waals surface area contributed by atoms with Gasteiger partial charge in [0.05, 0.1) is 20.1 Å². The number of fused-ring (bicyclic) bond motifs is 3. The number of hydrogen-bond donors (Lipinski definition) is 0. The van der Waals surface area contributed by atoms with Gasteiger partial charge < -0.3 is 14.2 Å². The molecule has 2 bridgehead atoms. The minimum Gasteiger partial charge on any atom is -0.497 e. The Labute approximate surface area is 151 Å². The van der Waals surface area contributed by atoms with Crippen molar-refractivity contribution in [3.05, 3.63) is 29.3 Å². The molecule has 2 fully saturated rings. The molecule has 4 rings (SSSR count). The van der Waals surface area contributed by atoms with Gasteiger partial charge in [0, 0.05) is 24.3 Å². The van der Waals surface area contributed by atoms with E-state index in [9.17, 15) is 14.4 Å². The average Bonchev–Trinajstić information content (AvgIpc) is 3.02. The Balaban J connectivity index is 1.81. The molecule has 0 N–H and O–H groups in total. The second-order valence-corrected chi connectivity index (χ2v) is 7.64. The second-order valence-electron chi connectivity index (χ2n) is 7.64. The predicted octanol–water partition coefficient (Wildman–Crippen LogP) is 2.64. The highest BCUT2D eigenvalue weighted by Gasteiger charge is 2.70. The molecule has 6 nitrogen and oxygen atoms in total. The smallest absolute Gasteiger partial charge is 0.312 e. The molecule has 1 aromatic carbocycles. The lowest BCUT2D eigenvalue weighted by Crippen LogP contribution is -2.45. The first kappa shape index (κ1) is 17.1. The molecule has 138 valence electrons. The highest BCUT2D eigenvalue weighted by Crippen LogP contribution is 2.68. The third-order valence-corrected chi connectivity index (χ3v) is 6.51. The third-order valence-electron chi connectivity index (χ3n) is 6.51. The van der Waals surface area contributed by atoms with Crippen LogP contribution in [0.4, 0.5) is 0 Å². The van der Waals surface area contributed by atoms with Crippen molar-refractivity contribution in [2.75, 3.05) is 14.2 Å². The van der Waals surface area contributed by atoms with Crippen LogP contribution in [-0.4, -0.2) is 37.5 Å². The van der Waals surface area contributed by atoms with Crippen molar-refractivity contribution >= 4 is 17.7 Å². The molecule has 0 radical (unpaired) electrons. The van der Waals surface area contributed by atoms with Gasteiger partial charge in [-0.25, -0.2) is 0 Å². The average molecular weight is 358 g/mol. The van der Waals surface area contributed by atoms with Crippen molar-refractivity contribution in [2.45, 2.75) is 44.1 Å². The van der Waals surface area contributed by atoms with Gasteiger partial charge in [0.2, 0.25) is 0 Å². The minimum atomic E-state index is -0.947. The summed E-state index contributed by atoms with van der Waals surface area (Å²) in [4.78, 5) is 37.6. The SMILES string of the molecule is COC(=O)C1CC23CC1(OC(C)=O)CCC2c1ccc(OC)cc1C3=O. The number of hydrogen-bond acceptors (Lipinski definition) is 6. The highest BCUT2D eigenvalue weighted by molar-refractivity contribution is 6.07. The van der Waals surface area contributed by atoms with Crippen molar-refractivity contribution in [2.24, 2.45) is 11.3 Å². The summed E-state index contributed by atoms with van der Waals surface area (Å²) in [5.74, 6) is -0.750. The van der Waals surface area contributed by atoms with Crippen LogP contribution >= 0.6 is 0 Å². The normalized spacial score (nSPS) is 34.0. The molecule has 3 aliphatic carbocycles. The van der Waals surface area contributed by atoms with E-state index in [0.29, 0.717) is 37.0 Å². The Morgan fingerprint density at radius 1 is 1.23 bits per heavy atom.